The van der Waals surface area contributed by atoms with Gasteiger partial charge in [-0.25, -0.2) is 0 Å². The second-order valence-corrected chi connectivity index (χ2v) is 33.7. The van der Waals surface area contributed by atoms with E-state index in [0.29, 0.717) is 0 Å². The summed E-state index contributed by atoms with van der Waals surface area (Å²) in [6, 6.07) is 9.51. The summed E-state index contributed by atoms with van der Waals surface area (Å²) in [5.41, 5.74) is 6.15. The summed E-state index contributed by atoms with van der Waals surface area (Å²) in [6.45, 7) is 33.1. The molecule has 0 saturated heterocycles. The Balaban J connectivity index is 3.16. The molecule has 0 N–H and O–H groups in total. The van der Waals surface area contributed by atoms with Crippen LogP contribution in [0, 0.1) is 6.92 Å². The van der Waals surface area contributed by atoms with Gasteiger partial charge in [-0.2, -0.15) is 0 Å². The molecule has 0 aliphatic carbocycles. The quantitative estimate of drug-likeness (QED) is 0.253. The van der Waals surface area contributed by atoms with E-state index in [1.807, 2.05) is 6.35 Å². The van der Waals surface area contributed by atoms with Crippen LogP contribution in [0.3, 0.4) is 0 Å². The van der Waals surface area contributed by atoms with Crippen LogP contribution in [0.2, 0.25) is 33.2 Å². The molecule has 0 atom stereocenters. The van der Waals surface area contributed by atoms with Gasteiger partial charge in [0.25, 0.3) is 0 Å². The van der Waals surface area contributed by atoms with Crippen molar-refractivity contribution < 1.29 is 0 Å². The topological polar surface area (TPSA) is 0 Å². The fraction of sp³-hybridized carbons (Fsp3) is 0.633. The zero-order chi connectivity index (χ0) is 25.3. The van der Waals surface area contributed by atoms with Gasteiger partial charge < -0.3 is 0 Å². The summed E-state index contributed by atoms with van der Waals surface area (Å²) >= 11 is -2.35. The molecule has 0 nitrogen and oxygen atoms in total. The Kier molecular flexibility index (Phi) is 9.89. The van der Waals surface area contributed by atoms with Crippen LogP contribution < -0.4 is 3.58 Å². The number of benzene rings is 1. The minimum atomic E-state index is -2.35. The van der Waals surface area contributed by atoms with Gasteiger partial charge in [0.1, 0.15) is 0 Å². The Bertz CT molecular complexity index is 869. The maximum absolute atomic E-state index is 2.68. The van der Waals surface area contributed by atoms with Crippen LogP contribution in [0.1, 0.15) is 88.6 Å². The van der Waals surface area contributed by atoms with Gasteiger partial charge in [-0.05, 0) is 0 Å². The number of aryl methyl sites for hydroxylation is 1. The first kappa shape index (κ1) is 29.0. The fourth-order valence-electron chi connectivity index (χ4n) is 8.28. The summed E-state index contributed by atoms with van der Waals surface area (Å²) in [5.74, 6) is 0. The van der Waals surface area contributed by atoms with Gasteiger partial charge in [-0.3, -0.25) is 0 Å². The zero-order valence-electron chi connectivity index (χ0n) is 24.0. The molecule has 0 radical (unpaired) electrons. The third-order valence-corrected chi connectivity index (χ3v) is 40.7. The molecule has 0 amide bonds. The molecule has 0 unspecified atom stereocenters. The van der Waals surface area contributed by atoms with Gasteiger partial charge in [-0.15, -0.1) is 0 Å². The third kappa shape index (κ3) is 4.79. The zero-order valence-corrected chi connectivity index (χ0v) is 28.9. The van der Waals surface area contributed by atoms with Crippen LogP contribution in [0.15, 0.2) is 45.7 Å². The molecule has 0 fully saturated rings. The molecule has 0 spiro atoms. The fourth-order valence-corrected chi connectivity index (χ4v) is 54.4. The monoisotopic (exact) mass is 588 g/mol. The Morgan fingerprint density at radius 3 is 1.42 bits per heavy atom. The minimum absolute atomic E-state index is 0.768. The van der Waals surface area contributed by atoms with Gasteiger partial charge >= 0.3 is 217 Å². The number of rotatable bonds is 9. The van der Waals surface area contributed by atoms with Crippen LogP contribution in [-0.2, 0) is 0 Å². The Morgan fingerprint density at radius 2 is 1.03 bits per heavy atom. The van der Waals surface area contributed by atoms with E-state index >= 15 is 0 Å². The molecule has 184 valence electrons. The van der Waals surface area contributed by atoms with E-state index in [1.165, 1.54) is 0 Å². The Hall–Kier alpha value is -0.198. The van der Waals surface area contributed by atoms with Crippen LogP contribution >= 0.6 is 0 Å². The second-order valence-electron chi connectivity index (χ2n) is 12.3. The van der Waals surface area contributed by atoms with Gasteiger partial charge in [0.05, 0.1) is 0 Å². The second kappa shape index (κ2) is 11.2. The molecule has 0 aromatic heterocycles. The van der Waals surface area contributed by atoms with Crippen molar-refractivity contribution in [3.05, 3.63) is 51.3 Å². The molecule has 1 aliphatic rings. The first-order valence-corrected chi connectivity index (χ1v) is 22.2. The summed E-state index contributed by atoms with van der Waals surface area (Å²) < 4.78 is 5.79. The standard InChI is InChI=1S/C23H45Si2.C7H7.Sn/c1-18(2)24(19(3)4,20(5)6)16-14-13-15-17-25(21(7)8,22(9)10)23(11)12;1-7-5-3-2-4-6-7;/h13-15,18-23H,1-12H3;2-5H,1H3;. The molecule has 0 bridgehead atoms. The van der Waals surface area contributed by atoms with Crippen molar-refractivity contribution in [2.45, 2.75) is 123 Å². The first-order chi connectivity index (χ1) is 15.3. The number of allylic oxidation sites excluding steroid dienone is 3. The van der Waals surface area contributed by atoms with Crippen molar-refractivity contribution in [3.8, 4) is 0 Å². The van der Waals surface area contributed by atoms with Crippen molar-refractivity contribution in [2.24, 2.45) is 0 Å². The number of hydrogen-bond acceptors (Lipinski definition) is 0. The van der Waals surface area contributed by atoms with Crippen molar-refractivity contribution in [2.75, 3.05) is 0 Å². The Morgan fingerprint density at radius 1 is 0.606 bits per heavy atom. The summed E-state index contributed by atoms with van der Waals surface area (Å²) in [5, 5.41) is 0. The molecule has 0 saturated carbocycles. The van der Waals surface area contributed by atoms with E-state index in [1.54, 1.807) is 9.14 Å². The summed E-state index contributed by atoms with van der Waals surface area (Å²) in [7, 11) is -3.44. The van der Waals surface area contributed by atoms with Crippen LogP contribution in [-0.4, -0.2) is 38.6 Å². The molecular formula is C30H52Si2Sn. The first-order valence-electron chi connectivity index (χ1n) is 13.5. The van der Waals surface area contributed by atoms with Crippen LogP contribution in [0.25, 0.3) is 0 Å². The SMILES string of the molecule is Cc1cccc[c]1[Sn]1=[C]([Si](C(C)C)(C(C)C)C(C)C)C=CC=[C]1[Si](C(C)C)(C(C)C)C(C)C. The van der Waals surface area contributed by atoms with Crippen molar-refractivity contribution >= 4 is 42.2 Å². The summed E-state index contributed by atoms with van der Waals surface area (Å²) in [6.07, 6.45) is 7.87. The van der Waals surface area contributed by atoms with Crippen LogP contribution in [0.5, 0.6) is 0 Å². The predicted molar refractivity (Wildman–Crippen MR) is 161 cm³/mol. The van der Waals surface area contributed by atoms with Gasteiger partial charge in [-0.1, -0.05) is 0 Å². The Labute approximate surface area is 215 Å². The molecular weight excluding hydrogens is 535 g/mol. The van der Waals surface area contributed by atoms with E-state index < -0.39 is 35.4 Å². The molecule has 2 rings (SSSR count). The van der Waals surface area contributed by atoms with E-state index in [9.17, 15) is 0 Å². The van der Waals surface area contributed by atoms with E-state index in [4.69, 9.17) is 0 Å². The van der Waals surface area contributed by atoms with Crippen molar-refractivity contribution in [3.63, 3.8) is 0 Å². The van der Waals surface area contributed by atoms with E-state index in [-0.39, 0.29) is 0 Å². The molecule has 33 heavy (non-hydrogen) atoms. The van der Waals surface area contributed by atoms with E-state index in [0.717, 1.165) is 33.2 Å². The van der Waals surface area contributed by atoms with Gasteiger partial charge in [0.15, 0.2) is 0 Å². The molecule has 1 aromatic carbocycles. The third-order valence-electron chi connectivity index (χ3n) is 9.14. The number of hydrogen-bond donors (Lipinski definition) is 0. The molecule has 1 aliphatic heterocycles. The molecule has 1 aromatic rings. The summed E-state index contributed by atoms with van der Waals surface area (Å²) in [4.78, 5) is 0. The average Bonchev–Trinajstić information content (AvgIpc) is 2.68. The van der Waals surface area contributed by atoms with Gasteiger partial charge in [0.2, 0.25) is 0 Å². The maximum atomic E-state index is 2.68. The van der Waals surface area contributed by atoms with Crippen LogP contribution in [0.4, 0.5) is 0 Å². The van der Waals surface area contributed by atoms with Crippen molar-refractivity contribution in [1.82, 2.24) is 0 Å². The van der Waals surface area contributed by atoms with Gasteiger partial charge in [0, 0.05) is 0 Å². The van der Waals surface area contributed by atoms with E-state index in [2.05, 4.69) is 133 Å². The average molecular weight is 588 g/mol. The van der Waals surface area contributed by atoms with Crippen molar-refractivity contribution in [1.29, 1.82) is 0 Å². The molecule has 3 heteroatoms. The predicted octanol–water partition coefficient (Wildman–Crippen LogP) is 8.92. The normalized spacial score (nSPS) is 15.8. The molecule has 1 heterocycles.